The van der Waals surface area contributed by atoms with Crippen LogP contribution in [0.4, 0.5) is 0 Å². The largest absolute Gasteiger partial charge is 0.466 e. The second kappa shape index (κ2) is 6.50. The average Bonchev–Trinajstić information content (AvgIpc) is 3.20. The number of pyridine rings is 1. The smallest absolute Gasteiger partial charge is 0.307 e. The molecule has 0 aliphatic heterocycles. The zero-order valence-corrected chi connectivity index (χ0v) is 10.8. The Labute approximate surface area is 108 Å². The highest BCUT2D eigenvalue weighted by atomic mass is 16.5. The fraction of sp³-hybridized carbons (Fsp3) is 0.571. The molecule has 0 amide bonds. The van der Waals surface area contributed by atoms with Gasteiger partial charge < -0.3 is 10.1 Å². The van der Waals surface area contributed by atoms with E-state index in [1.807, 2.05) is 19.1 Å². The predicted octanol–water partition coefficient (Wildman–Crippen LogP) is 1.90. The van der Waals surface area contributed by atoms with Crippen molar-refractivity contribution in [2.75, 3.05) is 6.61 Å². The van der Waals surface area contributed by atoms with Crippen LogP contribution in [0.3, 0.4) is 0 Å². The van der Waals surface area contributed by atoms with Gasteiger partial charge in [0, 0.05) is 25.0 Å². The number of carbonyl (C=O) groups is 1. The zero-order valence-electron chi connectivity index (χ0n) is 10.8. The van der Waals surface area contributed by atoms with Gasteiger partial charge in [0.05, 0.1) is 13.0 Å². The highest BCUT2D eigenvalue weighted by Crippen LogP contribution is 2.34. The van der Waals surface area contributed by atoms with E-state index in [0.29, 0.717) is 18.9 Å². The summed E-state index contributed by atoms with van der Waals surface area (Å²) in [5.74, 6) is 0.535. The molecule has 0 bridgehead atoms. The van der Waals surface area contributed by atoms with Crippen molar-refractivity contribution < 1.29 is 9.53 Å². The highest BCUT2D eigenvalue weighted by Gasteiger charge is 2.32. The Morgan fingerprint density at radius 1 is 1.50 bits per heavy atom. The molecule has 1 N–H and O–H groups in total. The Hall–Kier alpha value is -1.42. The monoisotopic (exact) mass is 248 g/mol. The number of ether oxygens (including phenoxy) is 1. The number of hydrogen-bond donors (Lipinski definition) is 1. The molecule has 1 atom stereocenters. The van der Waals surface area contributed by atoms with Crippen LogP contribution >= 0.6 is 0 Å². The van der Waals surface area contributed by atoms with Gasteiger partial charge in [0.1, 0.15) is 0 Å². The molecule has 98 valence electrons. The Balaban J connectivity index is 1.81. The third-order valence-corrected chi connectivity index (χ3v) is 3.20. The minimum absolute atomic E-state index is 0.100. The lowest BCUT2D eigenvalue weighted by atomic mass is 10.1. The molecule has 0 aromatic carbocycles. The topological polar surface area (TPSA) is 51.2 Å². The number of hydrogen-bond acceptors (Lipinski definition) is 4. The normalized spacial score (nSPS) is 16.3. The molecular formula is C14H20N2O2. The summed E-state index contributed by atoms with van der Waals surface area (Å²) in [7, 11) is 0. The lowest BCUT2D eigenvalue weighted by Gasteiger charge is -2.17. The van der Waals surface area contributed by atoms with Gasteiger partial charge in [0.15, 0.2) is 0 Å². The summed E-state index contributed by atoms with van der Waals surface area (Å²) >= 11 is 0. The number of rotatable bonds is 7. The van der Waals surface area contributed by atoms with Gasteiger partial charge in [-0.2, -0.15) is 0 Å². The van der Waals surface area contributed by atoms with E-state index in [0.717, 1.165) is 6.54 Å². The molecule has 0 spiro atoms. The first-order chi connectivity index (χ1) is 8.79. The number of aromatic nitrogens is 1. The lowest BCUT2D eigenvalue weighted by molar-refractivity contribution is -0.143. The number of esters is 1. The second-order valence-electron chi connectivity index (χ2n) is 4.69. The van der Waals surface area contributed by atoms with Gasteiger partial charge >= 0.3 is 5.97 Å². The molecule has 1 aliphatic rings. The van der Waals surface area contributed by atoms with Crippen molar-refractivity contribution in [2.45, 2.75) is 38.8 Å². The van der Waals surface area contributed by atoms with Crippen molar-refractivity contribution in [3.63, 3.8) is 0 Å². The molecule has 2 rings (SSSR count). The maximum absolute atomic E-state index is 11.5. The molecule has 18 heavy (non-hydrogen) atoms. The van der Waals surface area contributed by atoms with E-state index in [-0.39, 0.29) is 12.0 Å². The average molecular weight is 248 g/mol. The SMILES string of the molecule is CCOC(=O)CC(NCc1ccncc1)C1CC1. The predicted molar refractivity (Wildman–Crippen MR) is 68.8 cm³/mol. The number of nitrogens with one attached hydrogen (secondary N) is 1. The van der Waals surface area contributed by atoms with Crippen LogP contribution in [-0.2, 0) is 16.1 Å². The van der Waals surface area contributed by atoms with Crippen molar-refractivity contribution in [3.05, 3.63) is 30.1 Å². The van der Waals surface area contributed by atoms with E-state index in [2.05, 4.69) is 10.3 Å². The summed E-state index contributed by atoms with van der Waals surface area (Å²) in [5.41, 5.74) is 1.19. The zero-order chi connectivity index (χ0) is 12.8. The highest BCUT2D eigenvalue weighted by molar-refractivity contribution is 5.70. The second-order valence-corrected chi connectivity index (χ2v) is 4.69. The molecule has 1 saturated carbocycles. The van der Waals surface area contributed by atoms with Crippen LogP contribution in [-0.4, -0.2) is 23.6 Å². The summed E-state index contributed by atoms with van der Waals surface area (Å²) in [5, 5.41) is 3.46. The number of carbonyl (C=O) groups excluding carboxylic acids is 1. The van der Waals surface area contributed by atoms with Crippen LogP contribution in [0.2, 0.25) is 0 Å². The van der Waals surface area contributed by atoms with E-state index < -0.39 is 0 Å². The van der Waals surface area contributed by atoms with E-state index in [9.17, 15) is 4.79 Å². The van der Waals surface area contributed by atoms with Crippen molar-refractivity contribution >= 4 is 5.97 Å². The summed E-state index contributed by atoms with van der Waals surface area (Å²) in [6.45, 7) is 3.08. The van der Waals surface area contributed by atoms with Crippen LogP contribution in [0.25, 0.3) is 0 Å². The van der Waals surface area contributed by atoms with E-state index in [1.54, 1.807) is 12.4 Å². The maximum Gasteiger partial charge on any atom is 0.307 e. The van der Waals surface area contributed by atoms with Crippen LogP contribution in [0.1, 0.15) is 31.7 Å². The Bertz CT molecular complexity index is 377. The molecule has 4 heteroatoms. The van der Waals surface area contributed by atoms with Gasteiger partial charge in [-0.15, -0.1) is 0 Å². The lowest BCUT2D eigenvalue weighted by Crippen LogP contribution is -2.33. The summed E-state index contributed by atoms with van der Waals surface area (Å²) in [4.78, 5) is 15.5. The fourth-order valence-electron chi connectivity index (χ4n) is 2.05. The molecule has 0 radical (unpaired) electrons. The molecule has 1 aliphatic carbocycles. The van der Waals surface area contributed by atoms with Crippen LogP contribution in [0.15, 0.2) is 24.5 Å². The third kappa shape index (κ3) is 4.11. The summed E-state index contributed by atoms with van der Waals surface area (Å²) in [6.07, 6.45) is 6.48. The first-order valence-electron chi connectivity index (χ1n) is 6.57. The summed E-state index contributed by atoms with van der Waals surface area (Å²) < 4.78 is 5.01. The third-order valence-electron chi connectivity index (χ3n) is 3.20. The Morgan fingerprint density at radius 3 is 2.83 bits per heavy atom. The first kappa shape index (κ1) is 13.0. The quantitative estimate of drug-likeness (QED) is 0.749. The first-order valence-corrected chi connectivity index (χ1v) is 6.57. The minimum Gasteiger partial charge on any atom is -0.466 e. The molecule has 1 unspecified atom stereocenters. The van der Waals surface area contributed by atoms with Gasteiger partial charge in [-0.3, -0.25) is 9.78 Å². The minimum atomic E-state index is -0.100. The maximum atomic E-state index is 11.5. The molecule has 1 heterocycles. The molecule has 1 fully saturated rings. The van der Waals surface area contributed by atoms with Crippen LogP contribution in [0, 0.1) is 5.92 Å². The van der Waals surface area contributed by atoms with E-state index in [1.165, 1.54) is 18.4 Å². The van der Waals surface area contributed by atoms with Crippen LogP contribution < -0.4 is 5.32 Å². The standard InChI is InChI=1S/C14H20N2O2/c1-2-18-14(17)9-13(12-3-4-12)16-10-11-5-7-15-8-6-11/h5-8,12-13,16H,2-4,9-10H2,1H3. The Morgan fingerprint density at radius 2 is 2.22 bits per heavy atom. The van der Waals surface area contributed by atoms with Gasteiger partial charge in [-0.1, -0.05) is 0 Å². The van der Waals surface area contributed by atoms with Crippen LogP contribution in [0.5, 0.6) is 0 Å². The number of nitrogens with zero attached hydrogens (tertiary/aromatic N) is 1. The van der Waals surface area contributed by atoms with Gasteiger partial charge in [-0.05, 0) is 43.4 Å². The van der Waals surface area contributed by atoms with Crippen molar-refractivity contribution in [1.29, 1.82) is 0 Å². The van der Waals surface area contributed by atoms with Crippen molar-refractivity contribution in [1.82, 2.24) is 10.3 Å². The van der Waals surface area contributed by atoms with E-state index in [4.69, 9.17) is 4.74 Å². The Kier molecular flexibility index (Phi) is 4.70. The van der Waals surface area contributed by atoms with Crippen molar-refractivity contribution in [2.24, 2.45) is 5.92 Å². The molecular weight excluding hydrogens is 228 g/mol. The van der Waals surface area contributed by atoms with Gasteiger partial charge in [-0.25, -0.2) is 0 Å². The molecule has 1 aromatic rings. The van der Waals surface area contributed by atoms with Gasteiger partial charge in [0.25, 0.3) is 0 Å². The fourth-order valence-corrected chi connectivity index (χ4v) is 2.05. The van der Waals surface area contributed by atoms with Crippen molar-refractivity contribution in [3.8, 4) is 0 Å². The molecule has 1 aromatic heterocycles. The molecule has 0 saturated heterocycles. The van der Waals surface area contributed by atoms with E-state index >= 15 is 0 Å². The molecule has 4 nitrogen and oxygen atoms in total. The summed E-state index contributed by atoms with van der Waals surface area (Å²) in [6, 6.07) is 4.22. The van der Waals surface area contributed by atoms with Gasteiger partial charge in [0.2, 0.25) is 0 Å².